The van der Waals surface area contributed by atoms with E-state index in [9.17, 15) is 9.59 Å². The van der Waals surface area contributed by atoms with E-state index in [0.717, 1.165) is 0 Å². The van der Waals surface area contributed by atoms with Gasteiger partial charge in [-0.1, -0.05) is 11.6 Å². The summed E-state index contributed by atoms with van der Waals surface area (Å²) in [6, 6.07) is 1.71. The number of hydrogen-bond acceptors (Lipinski definition) is 3. The van der Waals surface area contributed by atoms with Crippen LogP contribution in [0.1, 0.15) is 36.9 Å². The van der Waals surface area contributed by atoms with Gasteiger partial charge in [-0.25, -0.2) is 0 Å². The fourth-order valence-electron chi connectivity index (χ4n) is 2.34. The normalized spacial score (nSPS) is 19.5. The van der Waals surface area contributed by atoms with E-state index in [1.54, 1.807) is 11.4 Å². The van der Waals surface area contributed by atoms with Crippen LogP contribution in [0.25, 0.3) is 0 Å². The number of rotatable bonds is 3. The first-order chi connectivity index (χ1) is 9.29. The van der Waals surface area contributed by atoms with E-state index >= 15 is 0 Å². The topological polar surface area (TPSA) is 49.4 Å². The standard InChI is InChI=1S/C14H19ClN2O2S/c1-14(2,3)17-8-9(6-11(17)18)7-16-13(19)12-10(15)4-5-20-12/h4-5,9H,6-8H2,1-3H3,(H,16,19)/t9-/m0/s1. The Morgan fingerprint density at radius 1 is 1.55 bits per heavy atom. The maximum atomic E-state index is 12.0. The fourth-order valence-corrected chi connectivity index (χ4v) is 3.40. The number of halogens is 1. The Labute approximate surface area is 128 Å². The lowest BCUT2D eigenvalue weighted by Gasteiger charge is -2.32. The molecule has 2 amide bonds. The number of thiophene rings is 1. The average molecular weight is 315 g/mol. The van der Waals surface area contributed by atoms with Gasteiger partial charge < -0.3 is 10.2 Å². The molecule has 2 rings (SSSR count). The van der Waals surface area contributed by atoms with Crippen LogP contribution < -0.4 is 5.32 Å². The zero-order valence-electron chi connectivity index (χ0n) is 11.9. The molecule has 1 aromatic heterocycles. The molecule has 0 unspecified atom stereocenters. The van der Waals surface area contributed by atoms with Gasteiger partial charge in [0.15, 0.2) is 0 Å². The van der Waals surface area contributed by atoms with Crippen LogP contribution in [0.2, 0.25) is 5.02 Å². The predicted molar refractivity (Wildman–Crippen MR) is 81.2 cm³/mol. The lowest BCUT2D eigenvalue weighted by atomic mass is 10.1. The lowest BCUT2D eigenvalue weighted by Crippen LogP contribution is -2.42. The number of nitrogens with zero attached hydrogens (tertiary/aromatic N) is 1. The third kappa shape index (κ3) is 3.33. The summed E-state index contributed by atoms with van der Waals surface area (Å²) in [7, 11) is 0. The molecule has 1 aromatic rings. The van der Waals surface area contributed by atoms with E-state index < -0.39 is 0 Å². The second-order valence-electron chi connectivity index (χ2n) is 6.05. The van der Waals surface area contributed by atoms with E-state index in [1.165, 1.54) is 11.3 Å². The molecule has 110 valence electrons. The SMILES string of the molecule is CC(C)(C)N1C[C@H](CNC(=O)c2sccc2Cl)CC1=O. The van der Waals surface area contributed by atoms with Crippen LogP contribution in [0.4, 0.5) is 0 Å². The van der Waals surface area contributed by atoms with Crippen LogP contribution in [-0.2, 0) is 4.79 Å². The summed E-state index contributed by atoms with van der Waals surface area (Å²) in [5.41, 5.74) is -0.160. The van der Waals surface area contributed by atoms with Gasteiger partial charge in [0, 0.05) is 31.0 Å². The minimum Gasteiger partial charge on any atom is -0.351 e. The first-order valence-electron chi connectivity index (χ1n) is 6.60. The van der Waals surface area contributed by atoms with E-state index in [1.807, 2.05) is 25.7 Å². The van der Waals surface area contributed by atoms with Crippen LogP contribution in [0.3, 0.4) is 0 Å². The van der Waals surface area contributed by atoms with Gasteiger partial charge in [0.2, 0.25) is 5.91 Å². The van der Waals surface area contributed by atoms with Gasteiger partial charge in [0.25, 0.3) is 5.91 Å². The van der Waals surface area contributed by atoms with Gasteiger partial charge >= 0.3 is 0 Å². The zero-order valence-corrected chi connectivity index (χ0v) is 13.5. The molecule has 4 nitrogen and oxygen atoms in total. The van der Waals surface area contributed by atoms with Crippen LogP contribution in [0.15, 0.2) is 11.4 Å². The Morgan fingerprint density at radius 2 is 2.25 bits per heavy atom. The highest BCUT2D eigenvalue weighted by Crippen LogP contribution is 2.26. The largest absolute Gasteiger partial charge is 0.351 e. The summed E-state index contributed by atoms with van der Waals surface area (Å²) in [6.45, 7) is 7.28. The highest BCUT2D eigenvalue weighted by atomic mass is 35.5. The number of amides is 2. The molecule has 0 radical (unpaired) electrons. The Balaban J connectivity index is 1.89. The molecule has 1 aliphatic heterocycles. The van der Waals surface area contributed by atoms with Gasteiger partial charge in [-0.15, -0.1) is 11.3 Å². The third-order valence-electron chi connectivity index (χ3n) is 3.39. The lowest BCUT2D eigenvalue weighted by molar-refractivity contribution is -0.131. The predicted octanol–water partition coefficient (Wildman–Crippen LogP) is 2.78. The van der Waals surface area contributed by atoms with Crippen molar-refractivity contribution in [1.29, 1.82) is 0 Å². The van der Waals surface area contributed by atoms with Crippen molar-refractivity contribution in [1.82, 2.24) is 10.2 Å². The molecule has 1 atom stereocenters. The van der Waals surface area contributed by atoms with E-state index in [-0.39, 0.29) is 23.3 Å². The quantitative estimate of drug-likeness (QED) is 0.932. The Bertz CT molecular complexity index is 521. The Hall–Kier alpha value is -1.07. The Morgan fingerprint density at radius 3 is 2.75 bits per heavy atom. The van der Waals surface area contributed by atoms with Gasteiger partial charge in [0.1, 0.15) is 4.88 Å². The van der Waals surface area contributed by atoms with Crippen molar-refractivity contribution in [3.63, 3.8) is 0 Å². The average Bonchev–Trinajstić information content (AvgIpc) is 2.91. The highest BCUT2D eigenvalue weighted by molar-refractivity contribution is 7.12. The second-order valence-corrected chi connectivity index (χ2v) is 7.38. The molecule has 1 N–H and O–H groups in total. The highest BCUT2D eigenvalue weighted by Gasteiger charge is 2.36. The maximum Gasteiger partial charge on any atom is 0.262 e. The molecular formula is C14H19ClN2O2S. The fraction of sp³-hybridized carbons (Fsp3) is 0.571. The third-order valence-corrected chi connectivity index (χ3v) is 4.73. The summed E-state index contributed by atoms with van der Waals surface area (Å²) < 4.78 is 0. The monoisotopic (exact) mass is 314 g/mol. The van der Waals surface area contributed by atoms with E-state index in [0.29, 0.717) is 29.4 Å². The van der Waals surface area contributed by atoms with Gasteiger partial charge in [-0.2, -0.15) is 0 Å². The van der Waals surface area contributed by atoms with Crippen molar-refractivity contribution in [3.05, 3.63) is 21.3 Å². The number of carbonyl (C=O) groups is 2. The van der Waals surface area contributed by atoms with Crippen LogP contribution in [0, 0.1) is 5.92 Å². The maximum absolute atomic E-state index is 12.0. The van der Waals surface area contributed by atoms with Crippen molar-refractivity contribution >= 4 is 34.8 Å². The van der Waals surface area contributed by atoms with E-state index in [4.69, 9.17) is 11.6 Å². The number of likely N-dealkylation sites (tertiary alicyclic amines) is 1. The minimum atomic E-state index is -0.161. The molecular weight excluding hydrogens is 296 g/mol. The van der Waals surface area contributed by atoms with Crippen molar-refractivity contribution in [2.75, 3.05) is 13.1 Å². The second kappa shape index (κ2) is 5.74. The summed E-state index contributed by atoms with van der Waals surface area (Å²) in [6.07, 6.45) is 0.496. The number of hydrogen-bond donors (Lipinski definition) is 1. The van der Waals surface area contributed by atoms with Crippen LogP contribution in [0.5, 0.6) is 0 Å². The summed E-state index contributed by atoms with van der Waals surface area (Å²) in [5.74, 6) is 0.168. The summed E-state index contributed by atoms with van der Waals surface area (Å²) >= 11 is 7.25. The van der Waals surface area contributed by atoms with Crippen LogP contribution >= 0.6 is 22.9 Å². The summed E-state index contributed by atoms with van der Waals surface area (Å²) in [5, 5.41) is 5.14. The molecule has 2 heterocycles. The first kappa shape index (κ1) is 15.3. The summed E-state index contributed by atoms with van der Waals surface area (Å²) in [4.78, 5) is 26.3. The molecule has 1 aliphatic rings. The molecule has 0 aromatic carbocycles. The Kier molecular flexibility index (Phi) is 4.39. The molecule has 0 bridgehead atoms. The molecule has 1 fully saturated rings. The smallest absolute Gasteiger partial charge is 0.262 e. The van der Waals surface area contributed by atoms with Crippen molar-refractivity contribution in [3.8, 4) is 0 Å². The van der Waals surface area contributed by atoms with Gasteiger partial charge in [-0.3, -0.25) is 9.59 Å². The number of nitrogens with one attached hydrogen (secondary N) is 1. The van der Waals surface area contributed by atoms with Crippen LogP contribution in [-0.4, -0.2) is 35.3 Å². The zero-order chi connectivity index (χ0) is 14.9. The molecule has 6 heteroatoms. The molecule has 20 heavy (non-hydrogen) atoms. The van der Waals surface area contributed by atoms with Crippen molar-refractivity contribution in [2.45, 2.75) is 32.7 Å². The van der Waals surface area contributed by atoms with Crippen molar-refractivity contribution < 1.29 is 9.59 Å². The molecule has 0 aliphatic carbocycles. The first-order valence-corrected chi connectivity index (χ1v) is 7.86. The molecule has 0 spiro atoms. The minimum absolute atomic E-state index is 0.158. The van der Waals surface area contributed by atoms with Gasteiger partial charge in [-0.05, 0) is 32.2 Å². The molecule has 0 saturated carbocycles. The molecule has 1 saturated heterocycles. The number of carbonyl (C=O) groups excluding carboxylic acids is 2. The van der Waals surface area contributed by atoms with E-state index in [2.05, 4.69) is 5.32 Å². The van der Waals surface area contributed by atoms with Crippen molar-refractivity contribution in [2.24, 2.45) is 5.92 Å². The van der Waals surface area contributed by atoms with Gasteiger partial charge in [0.05, 0.1) is 5.02 Å².